The van der Waals surface area contributed by atoms with Gasteiger partial charge in [-0.15, -0.1) is 0 Å². The fourth-order valence-electron chi connectivity index (χ4n) is 4.04. The van der Waals surface area contributed by atoms with E-state index in [9.17, 15) is 4.79 Å². The van der Waals surface area contributed by atoms with Crippen LogP contribution in [0, 0.1) is 5.92 Å². The van der Waals surface area contributed by atoms with Crippen LogP contribution in [0.15, 0.2) is 24.3 Å². The highest BCUT2D eigenvalue weighted by molar-refractivity contribution is 5.72. The van der Waals surface area contributed by atoms with Crippen LogP contribution in [0.3, 0.4) is 0 Å². The van der Waals surface area contributed by atoms with Gasteiger partial charge in [-0.25, -0.2) is 4.79 Å². The molecule has 6 heteroatoms. The Labute approximate surface area is 162 Å². The number of ether oxygens (including phenoxy) is 4. The first kappa shape index (κ1) is 21.5. The van der Waals surface area contributed by atoms with E-state index in [0.29, 0.717) is 6.04 Å². The summed E-state index contributed by atoms with van der Waals surface area (Å²) in [7, 11) is 5.40. The first-order valence-corrected chi connectivity index (χ1v) is 9.80. The SMILES string of the molecule is CC.CN1CCC2CCC3(CC21)OCC(=O)O3.COc1ccccc1OC. The standard InChI is InChI=1S/C11H17NO3.C8H10O2.C2H6/c1-12-5-3-8-2-4-11(6-9(8)12)14-7-10(13)15-11;1-9-7-5-3-4-6-8(7)10-2;1-2/h8-9H,2-7H2,1H3;3-6H,1-2H3;1-2H3. The molecule has 152 valence electrons. The minimum absolute atomic E-state index is 0.140. The molecular weight excluding hydrogens is 346 g/mol. The molecule has 1 spiro atoms. The van der Waals surface area contributed by atoms with E-state index in [1.165, 1.54) is 13.0 Å². The zero-order valence-corrected chi connectivity index (χ0v) is 17.2. The van der Waals surface area contributed by atoms with E-state index in [2.05, 4.69) is 11.9 Å². The van der Waals surface area contributed by atoms with Gasteiger partial charge in [-0.2, -0.15) is 0 Å². The zero-order chi connectivity index (χ0) is 19.9. The van der Waals surface area contributed by atoms with Gasteiger partial charge in [-0.3, -0.25) is 0 Å². The number of carbonyl (C=O) groups is 1. The van der Waals surface area contributed by atoms with Crippen molar-refractivity contribution in [1.82, 2.24) is 4.90 Å². The van der Waals surface area contributed by atoms with Crippen molar-refractivity contribution in [3.63, 3.8) is 0 Å². The number of esters is 1. The number of carbonyl (C=O) groups excluding carboxylic acids is 1. The Kier molecular flexibility index (Phi) is 7.92. The summed E-state index contributed by atoms with van der Waals surface area (Å²) in [6, 6.07) is 8.07. The second-order valence-corrected chi connectivity index (χ2v) is 6.87. The molecule has 0 N–H and O–H groups in total. The Bertz CT molecular complexity index is 585. The van der Waals surface area contributed by atoms with Gasteiger partial charge >= 0.3 is 5.97 Å². The van der Waals surface area contributed by atoms with Crippen LogP contribution in [-0.2, 0) is 14.3 Å². The Morgan fingerprint density at radius 2 is 1.74 bits per heavy atom. The molecule has 1 aromatic carbocycles. The van der Waals surface area contributed by atoms with Crippen LogP contribution in [0.5, 0.6) is 11.5 Å². The minimum atomic E-state index is -0.573. The molecule has 6 nitrogen and oxygen atoms in total. The first-order valence-electron chi connectivity index (χ1n) is 9.80. The second-order valence-electron chi connectivity index (χ2n) is 6.87. The van der Waals surface area contributed by atoms with Crippen molar-refractivity contribution in [2.24, 2.45) is 5.92 Å². The largest absolute Gasteiger partial charge is 0.493 e. The average Bonchev–Trinajstić information content (AvgIpc) is 3.26. The number of hydrogen-bond donors (Lipinski definition) is 0. The van der Waals surface area contributed by atoms with E-state index in [0.717, 1.165) is 36.7 Å². The highest BCUT2D eigenvalue weighted by Gasteiger charge is 2.50. The summed E-state index contributed by atoms with van der Waals surface area (Å²) in [5.74, 6) is 1.55. The third-order valence-corrected chi connectivity index (χ3v) is 5.42. The van der Waals surface area contributed by atoms with E-state index >= 15 is 0 Å². The van der Waals surface area contributed by atoms with Gasteiger partial charge in [0.05, 0.1) is 14.2 Å². The summed E-state index contributed by atoms with van der Waals surface area (Å²) in [5.41, 5.74) is 0. The van der Waals surface area contributed by atoms with Crippen LogP contribution in [0.1, 0.15) is 39.5 Å². The smallest absolute Gasteiger partial charge is 0.334 e. The van der Waals surface area contributed by atoms with Crippen molar-refractivity contribution < 1.29 is 23.7 Å². The Balaban J connectivity index is 0.000000191. The van der Waals surface area contributed by atoms with Crippen molar-refractivity contribution in [2.75, 3.05) is 34.4 Å². The molecule has 3 unspecified atom stereocenters. The predicted molar refractivity (Wildman–Crippen MR) is 104 cm³/mol. The molecule has 0 amide bonds. The quantitative estimate of drug-likeness (QED) is 0.733. The van der Waals surface area contributed by atoms with E-state index in [1.54, 1.807) is 14.2 Å². The molecule has 2 aliphatic heterocycles. The zero-order valence-electron chi connectivity index (χ0n) is 17.2. The number of likely N-dealkylation sites (tertiary alicyclic amines) is 1. The van der Waals surface area contributed by atoms with Crippen molar-refractivity contribution in [3.05, 3.63) is 24.3 Å². The number of rotatable bonds is 2. The van der Waals surface area contributed by atoms with Gasteiger partial charge in [0.15, 0.2) is 11.5 Å². The second kappa shape index (κ2) is 9.95. The molecule has 27 heavy (non-hydrogen) atoms. The summed E-state index contributed by atoms with van der Waals surface area (Å²) in [6.45, 7) is 5.31. The lowest BCUT2D eigenvalue weighted by Crippen LogP contribution is -2.45. The summed E-state index contributed by atoms with van der Waals surface area (Å²) in [6.07, 6.45) is 4.15. The number of hydrogen-bond acceptors (Lipinski definition) is 6. The Morgan fingerprint density at radius 3 is 2.26 bits per heavy atom. The molecule has 2 saturated heterocycles. The van der Waals surface area contributed by atoms with Crippen LogP contribution >= 0.6 is 0 Å². The molecule has 2 heterocycles. The molecule has 0 bridgehead atoms. The van der Waals surface area contributed by atoms with E-state index < -0.39 is 5.79 Å². The number of benzene rings is 1. The molecule has 3 fully saturated rings. The maximum Gasteiger partial charge on any atom is 0.334 e. The summed E-state index contributed by atoms with van der Waals surface area (Å²) >= 11 is 0. The van der Waals surface area contributed by atoms with Gasteiger partial charge in [0.2, 0.25) is 5.79 Å². The molecule has 3 aliphatic rings. The minimum Gasteiger partial charge on any atom is -0.493 e. The fourth-order valence-corrected chi connectivity index (χ4v) is 4.04. The van der Waals surface area contributed by atoms with Gasteiger partial charge in [-0.1, -0.05) is 26.0 Å². The van der Waals surface area contributed by atoms with Crippen LogP contribution in [0.25, 0.3) is 0 Å². The molecule has 1 aromatic rings. The van der Waals surface area contributed by atoms with Gasteiger partial charge in [-0.05, 0) is 44.5 Å². The average molecular weight is 379 g/mol. The molecule has 3 atom stereocenters. The highest BCUT2D eigenvalue weighted by Crippen LogP contribution is 2.44. The highest BCUT2D eigenvalue weighted by atomic mass is 16.8. The van der Waals surface area contributed by atoms with Crippen molar-refractivity contribution in [2.45, 2.75) is 51.4 Å². The Hall–Kier alpha value is -1.79. The fraction of sp³-hybridized carbons (Fsp3) is 0.667. The van der Waals surface area contributed by atoms with Crippen molar-refractivity contribution >= 4 is 5.97 Å². The lowest BCUT2D eigenvalue weighted by molar-refractivity contribution is -0.196. The molecular formula is C21H33NO5. The van der Waals surface area contributed by atoms with E-state index in [-0.39, 0.29) is 12.6 Å². The van der Waals surface area contributed by atoms with E-state index in [4.69, 9.17) is 18.9 Å². The molecule has 1 aliphatic carbocycles. The third kappa shape index (κ3) is 5.14. The maximum absolute atomic E-state index is 11.1. The van der Waals surface area contributed by atoms with Gasteiger partial charge < -0.3 is 23.8 Å². The summed E-state index contributed by atoms with van der Waals surface area (Å²) in [4.78, 5) is 13.5. The van der Waals surface area contributed by atoms with Crippen LogP contribution < -0.4 is 9.47 Å². The van der Waals surface area contributed by atoms with Crippen LogP contribution in [-0.4, -0.2) is 57.1 Å². The third-order valence-electron chi connectivity index (χ3n) is 5.42. The number of methoxy groups -OCH3 is 2. The molecule has 0 aromatic heterocycles. The first-order chi connectivity index (χ1) is 13.1. The van der Waals surface area contributed by atoms with Gasteiger partial charge in [0.25, 0.3) is 0 Å². The van der Waals surface area contributed by atoms with Crippen LogP contribution in [0.4, 0.5) is 0 Å². The molecule has 1 saturated carbocycles. The maximum atomic E-state index is 11.1. The Morgan fingerprint density at radius 1 is 1.11 bits per heavy atom. The number of fused-ring (bicyclic) bond motifs is 1. The van der Waals surface area contributed by atoms with Gasteiger partial charge in [0, 0.05) is 18.9 Å². The lowest BCUT2D eigenvalue weighted by atomic mass is 9.81. The topological polar surface area (TPSA) is 57.2 Å². The van der Waals surface area contributed by atoms with Gasteiger partial charge in [0.1, 0.15) is 6.61 Å². The number of para-hydroxylation sites is 2. The lowest BCUT2D eigenvalue weighted by Gasteiger charge is -2.39. The monoisotopic (exact) mass is 379 g/mol. The molecule has 0 radical (unpaired) electrons. The van der Waals surface area contributed by atoms with Crippen LogP contribution in [0.2, 0.25) is 0 Å². The molecule has 4 rings (SSSR count). The normalized spacial score (nSPS) is 29.0. The summed E-state index contributed by atoms with van der Waals surface area (Å²) in [5, 5.41) is 0. The van der Waals surface area contributed by atoms with Crippen molar-refractivity contribution in [1.29, 1.82) is 0 Å². The summed E-state index contributed by atoms with van der Waals surface area (Å²) < 4.78 is 20.9. The van der Waals surface area contributed by atoms with Crippen molar-refractivity contribution in [3.8, 4) is 11.5 Å². The van der Waals surface area contributed by atoms with E-state index in [1.807, 2.05) is 38.1 Å². The number of nitrogens with zero attached hydrogens (tertiary/aromatic N) is 1. The predicted octanol–water partition coefficient (Wildman–Crippen LogP) is 3.49.